The minimum atomic E-state index is -3.60. The number of aryl methyl sites for hydroxylation is 3. The SMILES string of the molecule is COc1cccc(C(C)NS(=O)(=O)c2c(C)cc(C)cc2C)c1. The van der Waals surface area contributed by atoms with Gasteiger partial charge in [0.15, 0.2) is 0 Å². The van der Waals surface area contributed by atoms with Gasteiger partial charge >= 0.3 is 0 Å². The molecule has 4 nitrogen and oxygen atoms in total. The lowest BCUT2D eigenvalue weighted by Gasteiger charge is -2.18. The third-order valence-electron chi connectivity index (χ3n) is 3.80. The standard InChI is InChI=1S/C18H23NO3S/c1-12-9-13(2)18(14(3)10-12)23(20,21)19-15(4)16-7-6-8-17(11-16)22-5/h6-11,15,19H,1-5H3. The van der Waals surface area contributed by atoms with Crippen molar-refractivity contribution in [2.45, 2.75) is 38.6 Å². The van der Waals surface area contributed by atoms with E-state index in [9.17, 15) is 8.42 Å². The van der Waals surface area contributed by atoms with E-state index in [2.05, 4.69) is 4.72 Å². The van der Waals surface area contributed by atoms with Crippen LogP contribution in [-0.2, 0) is 10.0 Å². The highest BCUT2D eigenvalue weighted by molar-refractivity contribution is 7.89. The molecular formula is C18H23NO3S. The van der Waals surface area contributed by atoms with Crippen LogP contribution >= 0.6 is 0 Å². The number of hydrogen-bond donors (Lipinski definition) is 1. The Kier molecular flexibility index (Phi) is 5.12. The summed E-state index contributed by atoms with van der Waals surface area (Å²) in [4.78, 5) is 0.359. The van der Waals surface area contributed by atoms with E-state index in [4.69, 9.17) is 4.74 Å². The van der Waals surface area contributed by atoms with Crippen molar-refractivity contribution in [2.75, 3.05) is 7.11 Å². The van der Waals surface area contributed by atoms with Crippen LogP contribution in [0.25, 0.3) is 0 Å². The molecule has 2 aromatic carbocycles. The molecule has 0 aliphatic heterocycles. The number of nitrogens with one attached hydrogen (secondary N) is 1. The van der Waals surface area contributed by atoms with Crippen LogP contribution in [0, 0.1) is 20.8 Å². The molecule has 0 aromatic heterocycles. The highest BCUT2D eigenvalue weighted by Crippen LogP contribution is 2.25. The van der Waals surface area contributed by atoms with Gasteiger partial charge in [-0.15, -0.1) is 0 Å². The van der Waals surface area contributed by atoms with Crippen LogP contribution in [0.1, 0.15) is 35.2 Å². The van der Waals surface area contributed by atoms with Crippen LogP contribution in [0.15, 0.2) is 41.3 Å². The molecule has 2 aromatic rings. The number of methoxy groups -OCH3 is 1. The second-order valence-corrected chi connectivity index (χ2v) is 7.50. The summed E-state index contributed by atoms with van der Waals surface area (Å²) < 4.78 is 33.5. The predicted molar refractivity (Wildman–Crippen MR) is 92.4 cm³/mol. The first-order valence-corrected chi connectivity index (χ1v) is 8.97. The molecule has 2 rings (SSSR count). The number of ether oxygens (including phenoxy) is 1. The van der Waals surface area contributed by atoms with Gasteiger partial charge in [0, 0.05) is 6.04 Å². The Balaban J connectivity index is 2.34. The summed E-state index contributed by atoms with van der Waals surface area (Å²) in [6.45, 7) is 7.43. The van der Waals surface area contributed by atoms with Gasteiger partial charge in [0.1, 0.15) is 5.75 Å². The maximum absolute atomic E-state index is 12.8. The minimum Gasteiger partial charge on any atom is -0.497 e. The highest BCUT2D eigenvalue weighted by atomic mass is 32.2. The average Bonchev–Trinajstić information content (AvgIpc) is 2.45. The van der Waals surface area contributed by atoms with Crippen molar-refractivity contribution in [3.8, 4) is 5.75 Å². The number of hydrogen-bond acceptors (Lipinski definition) is 3. The fourth-order valence-electron chi connectivity index (χ4n) is 2.86. The zero-order chi connectivity index (χ0) is 17.2. The molecule has 0 fully saturated rings. The van der Waals surface area contributed by atoms with E-state index in [0.717, 1.165) is 22.3 Å². The lowest BCUT2D eigenvalue weighted by atomic mass is 10.1. The molecule has 5 heteroatoms. The van der Waals surface area contributed by atoms with Crippen molar-refractivity contribution in [2.24, 2.45) is 0 Å². The summed E-state index contributed by atoms with van der Waals surface area (Å²) in [6.07, 6.45) is 0. The molecule has 0 aliphatic carbocycles. The third kappa shape index (κ3) is 3.92. The van der Waals surface area contributed by atoms with E-state index < -0.39 is 10.0 Å². The first-order valence-electron chi connectivity index (χ1n) is 7.48. The fraction of sp³-hybridized carbons (Fsp3) is 0.333. The fourth-order valence-corrected chi connectivity index (χ4v) is 4.55. The molecule has 0 saturated carbocycles. The van der Waals surface area contributed by atoms with Gasteiger partial charge in [-0.2, -0.15) is 0 Å². The number of sulfonamides is 1. The van der Waals surface area contributed by atoms with Gasteiger partial charge in [0.2, 0.25) is 10.0 Å². The second kappa shape index (κ2) is 6.72. The van der Waals surface area contributed by atoms with E-state index in [1.54, 1.807) is 7.11 Å². The number of benzene rings is 2. The van der Waals surface area contributed by atoms with Crippen LogP contribution in [0.5, 0.6) is 5.75 Å². The van der Waals surface area contributed by atoms with Gasteiger partial charge in [0.05, 0.1) is 12.0 Å². The van der Waals surface area contributed by atoms with Gasteiger partial charge in [-0.05, 0) is 56.5 Å². The van der Waals surface area contributed by atoms with E-state index in [0.29, 0.717) is 10.6 Å². The van der Waals surface area contributed by atoms with E-state index in [1.807, 2.05) is 64.1 Å². The highest BCUT2D eigenvalue weighted by Gasteiger charge is 2.22. The summed E-state index contributed by atoms with van der Waals surface area (Å²) in [7, 11) is -2.01. The number of rotatable bonds is 5. The molecule has 0 amide bonds. The first-order chi connectivity index (χ1) is 10.7. The summed E-state index contributed by atoms with van der Waals surface area (Å²) in [5.41, 5.74) is 3.43. The quantitative estimate of drug-likeness (QED) is 0.908. The maximum Gasteiger partial charge on any atom is 0.241 e. The zero-order valence-electron chi connectivity index (χ0n) is 14.2. The molecule has 0 saturated heterocycles. The lowest BCUT2D eigenvalue weighted by Crippen LogP contribution is -2.28. The van der Waals surface area contributed by atoms with Crippen molar-refractivity contribution >= 4 is 10.0 Å². The molecule has 0 spiro atoms. The molecule has 0 bridgehead atoms. The molecule has 1 atom stereocenters. The van der Waals surface area contributed by atoms with Crippen molar-refractivity contribution in [1.29, 1.82) is 0 Å². The van der Waals surface area contributed by atoms with Crippen LogP contribution in [0.3, 0.4) is 0 Å². The smallest absolute Gasteiger partial charge is 0.241 e. The average molecular weight is 333 g/mol. The van der Waals surface area contributed by atoms with Crippen molar-refractivity contribution in [3.05, 3.63) is 58.7 Å². The Hall–Kier alpha value is -1.85. The molecule has 0 aliphatic rings. The van der Waals surface area contributed by atoms with Crippen molar-refractivity contribution in [3.63, 3.8) is 0 Å². The summed E-state index contributed by atoms with van der Waals surface area (Å²) >= 11 is 0. The van der Waals surface area contributed by atoms with E-state index >= 15 is 0 Å². The molecule has 0 radical (unpaired) electrons. The lowest BCUT2D eigenvalue weighted by molar-refractivity contribution is 0.413. The molecule has 1 N–H and O–H groups in total. The van der Waals surface area contributed by atoms with Gasteiger partial charge in [-0.1, -0.05) is 29.8 Å². The zero-order valence-corrected chi connectivity index (χ0v) is 15.0. The van der Waals surface area contributed by atoms with E-state index in [1.165, 1.54) is 0 Å². The Morgan fingerprint density at radius 2 is 1.65 bits per heavy atom. The van der Waals surface area contributed by atoms with E-state index in [-0.39, 0.29) is 6.04 Å². The first kappa shape index (κ1) is 17.5. The summed E-state index contributed by atoms with van der Waals surface area (Å²) in [6, 6.07) is 10.8. The molecule has 124 valence electrons. The van der Waals surface area contributed by atoms with Gasteiger partial charge in [-0.3, -0.25) is 0 Å². The normalized spacial score (nSPS) is 12.9. The Labute approximate surface area is 138 Å². The third-order valence-corrected chi connectivity index (χ3v) is 5.64. The van der Waals surface area contributed by atoms with Crippen molar-refractivity contribution < 1.29 is 13.2 Å². The maximum atomic E-state index is 12.8. The van der Waals surface area contributed by atoms with Crippen LogP contribution in [0.2, 0.25) is 0 Å². The predicted octanol–water partition coefficient (Wildman–Crippen LogP) is 3.66. The Bertz CT molecular complexity index is 790. The molecule has 1 unspecified atom stereocenters. The van der Waals surface area contributed by atoms with Crippen molar-refractivity contribution in [1.82, 2.24) is 4.72 Å². The summed E-state index contributed by atoms with van der Waals surface area (Å²) in [5, 5.41) is 0. The van der Waals surface area contributed by atoms with Gasteiger partial charge in [-0.25, -0.2) is 13.1 Å². The molecule has 23 heavy (non-hydrogen) atoms. The van der Waals surface area contributed by atoms with Crippen LogP contribution < -0.4 is 9.46 Å². The van der Waals surface area contributed by atoms with Crippen LogP contribution in [0.4, 0.5) is 0 Å². The Morgan fingerprint density at radius 1 is 1.04 bits per heavy atom. The largest absolute Gasteiger partial charge is 0.497 e. The molecule has 0 heterocycles. The van der Waals surface area contributed by atoms with Gasteiger partial charge < -0.3 is 4.74 Å². The monoisotopic (exact) mass is 333 g/mol. The Morgan fingerprint density at radius 3 is 2.22 bits per heavy atom. The topological polar surface area (TPSA) is 55.4 Å². The second-order valence-electron chi connectivity index (χ2n) is 5.85. The summed E-state index contributed by atoms with van der Waals surface area (Å²) in [5.74, 6) is 0.705. The van der Waals surface area contributed by atoms with Gasteiger partial charge in [0.25, 0.3) is 0 Å². The van der Waals surface area contributed by atoms with Crippen LogP contribution in [-0.4, -0.2) is 15.5 Å². The molecular weight excluding hydrogens is 310 g/mol. The minimum absolute atomic E-state index is 0.352.